The van der Waals surface area contributed by atoms with Crippen LogP contribution in [-0.4, -0.2) is 11.0 Å². The lowest BCUT2D eigenvalue weighted by atomic mass is 10.0. The fraction of sp³-hybridized carbons (Fsp3) is 0.400. The Morgan fingerprint density at radius 1 is 1.21 bits per heavy atom. The Hall–Kier alpha value is -1.23. The first-order valence-electron chi connectivity index (χ1n) is 6.66. The van der Waals surface area contributed by atoms with E-state index in [1.165, 1.54) is 11.1 Å². The van der Waals surface area contributed by atoms with Crippen LogP contribution in [0.3, 0.4) is 0 Å². The molecule has 2 aromatic rings. The summed E-state index contributed by atoms with van der Waals surface area (Å²) in [6.45, 7) is 4.20. The molecule has 0 radical (unpaired) electrons. The maximum Gasteiger partial charge on any atom is 0.0897 e. The van der Waals surface area contributed by atoms with Crippen molar-refractivity contribution in [1.82, 2.24) is 10.4 Å². The van der Waals surface area contributed by atoms with Gasteiger partial charge in [-0.2, -0.15) is 0 Å². The van der Waals surface area contributed by atoms with Gasteiger partial charge in [-0.3, -0.25) is 11.3 Å². The number of rotatable bonds is 6. The molecule has 0 saturated heterocycles. The molecule has 1 heterocycles. The van der Waals surface area contributed by atoms with E-state index in [0.29, 0.717) is 0 Å². The summed E-state index contributed by atoms with van der Waals surface area (Å²) in [5.74, 6) is 5.66. The first-order chi connectivity index (χ1) is 9.21. The van der Waals surface area contributed by atoms with Gasteiger partial charge in [-0.1, -0.05) is 31.2 Å². The number of benzene rings is 1. The Balaban J connectivity index is 1.97. The van der Waals surface area contributed by atoms with E-state index in [1.807, 2.05) is 6.92 Å². The fourth-order valence-electron chi connectivity index (χ4n) is 2.14. The van der Waals surface area contributed by atoms with Crippen molar-refractivity contribution in [2.24, 2.45) is 5.84 Å². The van der Waals surface area contributed by atoms with Crippen molar-refractivity contribution < 1.29 is 0 Å². The molecule has 0 aliphatic heterocycles. The number of nitrogens with zero attached hydrogens (tertiary/aromatic N) is 1. The van der Waals surface area contributed by atoms with Gasteiger partial charge in [0.25, 0.3) is 0 Å². The van der Waals surface area contributed by atoms with E-state index in [0.717, 1.165) is 30.0 Å². The zero-order valence-corrected chi connectivity index (χ0v) is 12.3. The summed E-state index contributed by atoms with van der Waals surface area (Å²) in [5.41, 5.74) is 6.71. The average Bonchev–Trinajstić information content (AvgIpc) is 2.84. The second-order valence-electron chi connectivity index (χ2n) is 4.80. The van der Waals surface area contributed by atoms with E-state index in [2.05, 4.69) is 47.0 Å². The van der Waals surface area contributed by atoms with Gasteiger partial charge in [0.05, 0.1) is 10.7 Å². The second-order valence-corrected chi connectivity index (χ2v) is 5.86. The number of aryl methyl sites for hydroxylation is 2. The summed E-state index contributed by atoms with van der Waals surface area (Å²) in [6.07, 6.45) is 2.88. The zero-order chi connectivity index (χ0) is 13.7. The van der Waals surface area contributed by atoms with Crippen LogP contribution in [-0.2, 0) is 19.3 Å². The third kappa shape index (κ3) is 4.13. The van der Waals surface area contributed by atoms with Crippen molar-refractivity contribution in [1.29, 1.82) is 0 Å². The van der Waals surface area contributed by atoms with Gasteiger partial charge in [0, 0.05) is 17.8 Å². The highest BCUT2D eigenvalue weighted by atomic mass is 32.1. The Labute approximate surface area is 118 Å². The minimum atomic E-state index is 0.231. The SMILES string of the molecule is CCc1ccc(CC(Cc2csc(C)n2)NN)cc1. The zero-order valence-electron chi connectivity index (χ0n) is 11.5. The molecule has 19 heavy (non-hydrogen) atoms. The first kappa shape index (κ1) is 14.2. The normalized spacial score (nSPS) is 12.6. The Morgan fingerprint density at radius 2 is 1.89 bits per heavy atom. The van der Waals surface area contributed by atoms with Gasteiger partial charge >= 0.3 is 0 Å². The number of aromatic nitrogens is 1. The maximum absolute atomic E-state index is 5.66. The van der Waals surface area contributed by atoms with E-state index in [1.54, 1.807) is 11.3 Å². The lowest BCUT2D eigenvalue weighted by molar-refractivity contribution is 0.518. The molecule has 0 aliphatic carbocycles. The standard InChI is InChI=1S/C15H21N3S/c1-3-12-4-6-13(7-5-12)8-14(18-16)9-15-10-19-11(2)17-15/h4-7,10,14,18H,3,8-9,16H2,1-2H3. The number of hydrogen-bond donors (Lipinski definition) is 2. The van der Waals surface area contributed by atoms with Crippen molar-refractivity contribution in [3.8, 4) is 0 Å². The molecule has 0 bridgehead atoms. The van der Waals surface area contributed by atoms with E-state index >= 15 is 0 Å². The van der Waals surface area contributed by atoms with Crippen LogP contribution in [0.2, 0.25) is 0 Å². The molecule has 0 saturated carbocycles. The van der Waals surface area contributed by atoms with Gasteiger partial charge in [-0.15, -0.1) is 11.3 Å². The summed E-state index contributed by atoms with van der Waals surface area (Å²) >= 11 is 1.69. The maximum atomic E-state index is 5.66. The predicted octanol–water partition coefficient (Wildman–Crippen LogP) is 2.63. The highest BCUT2D eigenvalue weighted by Crippen LogP contribution is 2.13. The third-order valence-corrected chi connectivity index (χ3v) is 4.09. The van der Waals surface area contributed by atoms with Gasteiger partial charge < -0.3 is 0 Å². The lowest BCUT2D eigenvalue weighted by Gasteiger charge is -2.15. The van der Waals surface area contributed by atoms with Crippen LogP contribution < -0.4 is 11.3 Å². The molecule has 0 fully saturated rings. The summed E-state index contributed by atoms with van der Waals surface area (Å²) in [4.78, 5) is 4.49. The predicted molar refractivity (Wildman–Crippen MR) is 81.2 cm³/mol. The minimum absolute atomic E-state index is 0.231. The van der Waals surface area contributed by atoms with Crippen molar-refractivity contribution in [2.75, 3.05) is 0 Å². The Bertz CT molecular complexity index is 504. The first-order valence-corrected chi connectivity index (χ1v) is 7.54. The minimum Gasteiger partial charge on any atom is -0.271 e. The van der Waals surface area contributed by atoms with Gasteiger partial charge in [0.1, 0.15) is 0 Å². The van der Waals surface area contributed by atoms with Crippen molar-refractivity contribution in [3.05, 3.63) is 51.5 Å². The van der Waals surface area contributed by atoms with Crippen LogP contribution >= 0.6 is 11.3 Å². The Morgan fingerprint density at radius 3 is 2.42 bits per heavy atom. The van der Waals surface area contributed by atoms with Gasteiger partial charge in [0.2, 0.25) is 0 Å². The average molecular weight is 275 g/mol. The Kier molecular flexibility index (Phi) is 5.07. The molecular formula is C15H21N3S. The molecule has 1 unspecified atom stereocenters. The number of hydrogen-bond acceptors (Lipinski definition) is 4. The smallest absolute Gasteiger partial charge is 0.0897 e. The molecule has 2 rings (SSSR count). The molecule has 1 atom stereocenters. The van der Waals surface area contributed by atoms with E-state index in [-0.39, 0.29) is 6.04 Å². The molecule has 4 heteroatoms. The van der Waals surface area contributed by atoms with Crippen LogP contribution in [0.5, 0.6) is 0 Å². The van der Waals surface area contributed by atoms with Crippen molar-refractivity contribution >= 4 is 11.3 Å². The highest BCUT2D eigenvalue weighted by Gasteiger charge is 2.10. The number of hydrazine groups is 1. The monoisotopic (exact) mass is 275 g/mol. The van der Waals surface area contributed by atoms with Gasteiger partial charge in [-0.05, 0) is 30.9 Å². The molecule has 3 nitrogen and oxygen atoms in total. The fourth-order valence-corrected chi connectivity index (χ4v) is 2.77. The summed E-state index contributed by atoms with van der Waals surface area (Å²) < 4.78 is 0. The van der Waals surface area contributed by atoms with Crippen LogP contribution in [0.15, 0.2) is 29.6 Å². The molecular weight excluding hydrogens is 254 g/mol. The van der Waals surface area contributed by atoms with Crippen LogP contribution in [0.25, 0.3) is 0 Å². The summed E-state index contributed by atoms with van der Waals surface area (Å²) in [5, 5.41) is 3.22. The highest BCUT2D eigenvalue weighted by molar-refractivity contribution is 7.09. The van der Waals surface area contributed by atoms with Crippen molar-refractivity contribution in [3.63, 3.8) is 0 Å². The quantitative estimate of drug-likeness (QED) is 0.629. The number of nitrogens with one attached hydrogen (secondary N) is 1. The largest absolute Gasteiger partial charge is 0.271 e. The summed E-state index contributed by atoms with van der Waals surface area (Å²) in [7, 11) is 0. The molecule has 3 N–H and O–H groups in total. The molecule has 0 spiro atoms. The van der Waals surface area contributed by atoms with Crippen LogP contribution in [0.1, 0.15) is 28.8 Å². The molecule has 1 aromatic carbocycles. The summed E-state index contributed by atoms with van der Waals surface area (Å²) in [6, 6.07) is 8.99. The second kappa shape index (κ2) is 6.80. The van der Waals surface area contributed by atoms with Gasteiger partial charge in [0.15, 0.2) is 0 Å². The van der Waals surface area contributed by atoms with E-state index < -0.39 is 0 Å². The number of nitrogens with two attached hydrogens (primary N) is 1. The third-order valence-electron chi connectivity index (χ3n) is 3.27. The van der Waals surface area contributed by atoms with Gasteiger partial charge in [-0.25, -0.2) is 4.98 Å². The molecule has 102 valence electrons. The van der Waals surface area contributed by atoms with Crippen LogP contribution in [0.4, 0.5) is 0 Å². The molecule has 0 amide bonds. The van der Waals surface area contributed by atoms with Crippen molar-refractivity contribution in [2.45, 2.75) is 39.2 Å². The molecule has 0 aliphatic rings. The van der Waals surface area contributed by atoms with E-state index in [4.69, 9.17) is 5.84 Å². The lowest BCUT2D eigenvalue weighted by Crippen LogP contribution is -2.38. The number of thiazole rings is 1. The van der Waals surface area contributed by atoms with E-state index in [9.17, 15) is 0 Å². The topological polar surface area (TPSA) is 50.9 Å². The van der Waals surface area contributed by atoms with Crippen LogP contribution in [0, 0.1) is 6.92 Å². The molecule has 1 aromatic heterocycles.